The summed E-state index contributed by atoms with van der Waals surface area (Å²) in [6, 6.07) is 43.8. The van der Waals surface area contributed by atoms with Crippen LogP contribution in [0.25, 0.3) is 43.8 Å². The molecule has 0 bridgehead atoms. The summed E-state index contributed by atoms with van der Waals surface area (Å²) in [5.41, 5.74) is 8.20. The number of fused-ring (bicyclic) bond motifs is 2. The second kappa shape index (κ2) is 20.5. The topological polar surface area (TPSA) is 0 Å². The van der Waals surface area contributed by atoms with Crippen LogP contribution >= 0.6 is 24.8 Å². The van der Waals surface area contributed by atoms with Gasteiger partial charge in [0.1, 0.15) is 0 Å². The molecule has 0 N–H and O–H groups in total. The van der Waals surface area contributed by atoms with Gasteiger partial charge in [0.2, 0.25) is 0 Å². The van der Waals surface area contributed by atoms with E-state index in [9.17, 15) is 0 Å². The third kappa shape index (κ3) is 9.83. The average molecular weight is 646 g/mol. The Labute approximate surface area is 280 Å². The molecule has 0 amide bonds. The molecule has 6 rings (SSSR count). The first-order chi connectivity index (χ1) is 18.8. The fourth-order valence-electron chi connectivity index (χ4n) is 5.20. The molecule has 0 saturated carbocycles. The van der Waals surface area contributed by atoms with Crippen molar-refractivity contribution in [2.45, 2.75) is 39.5 Å². The second-order valence-corrected chi connectivity index (χ2v) is 9.58. The number of hydrogen-bond acceptors (Lipinski definition) is 0. The van der Waals surface area contributed by atoms with Crippen molar-refractivity contribution in [3.63, 3.8) is 0 Å². The average Bonchev–Trinajstić information content (AvgIpc) is 3.59. The Morgan fingerprint density at radius 3 is 1.21 bits per heavy atom. The molecule has 0 aliphatic rings. The van der Waals surface area contributed by atoms with E-state index in [1.54, 1.807) is 19.2 Å². The second-order valence-electron chi connectivity index (χ2n) is 9.58. The van der Waals surface area contributed by atoms with Crippen LogP contribution in [-0.2, 0) is 32.0 Å². The van der Waals surface area contributed by atoms with E-state index < -0.39 is 0 Å². The van der Waals surface area contributed by atoms with Gasteiger partial charge in [0.05, 0.1) is 0 Å². The molecular formula is C38H42Cl2SiTi-4. The first-order valence-electron chi connectivity index (χ1n) is 13.5. The predicted octanol–water partition coefficient (Wildman–Crippen LogP) is 11.7. The Morgan fingerprint density at radius 2 is 0.881 bits per heavy atom. The summed E-state index contributed by atoms with van der Waals surface area (Å²) in [4.78, 5) is 0. The first kappa shape index (κ1) is 39.6. The van der Waals surface area contributed by atoms with E-state index in [0.717, 1.165) is 0 Å². The van der Waals surface area contributed by atoms with E-state index in [4.69, 9.17) is 0 Å². The van der Waals surface area contributed by atoms with Gasteiger partial charge in [0.15, 0.2) is 0 Å². The summed E-state index contributed by atoms with van der Waals surface area (Å²) in [6.07, 6.45) is 4.75. The number of benzene rings is 4. The van der Waals surface area contributed by atoms with E-state index in [-0.39, 0.29) is 39.7 Å². The molecule has 6 aromatic rings. The number of hydrogen-bond donors (Lipinski definition) is 0. The molecule has 0 atom stereocenters. The number of rotatable bonds is 6. The van der Waals surface area contributed by atoms with Crippen molar-refractivity contribution in [3.8, 4) is 22.3 Å². The minimum absolute atomic E-state index is 0. The van der Waals surface area contributed by atoms with Crippen LogP contribution in [0.1, 0.15) is 37.8 Å². The summed E-state index contributed by atoms with van der Waals surface area (Å²) in [6.45, 7) is 4.46. The van der Waals surface area contributed by atoms with Gasteiger partial charge in [0, 0.05) is 0 Å². The molecular weight excluding hydrogens is 603 g/mol. The van der Waals surface area contributed by atoms with Crippen LogP contribution in [0.15, 0.2) is 121 Å². The summed E-state index contributed by atoms with van der Waals surface area (Å²) in [5, 5.41) is 5.49. The normalized spacial score (nSPS) is 9.45. The quantitative estimate of drug-likeness (QED) is 0.125. The Kier molecular flexibility index (Phi) is 19.3. The minimum atomic E-state index is 0. The van der Waals surface area contributed by atoms with Gasteiger partial charge in [-0.05, 0) is 24.0 Å². The van der Waals surface area contributed by atoms with Crippen molar-refractivity contribution >= 4 is 54.0 Å². The third-order valence-corrected chi connectivity index (χ3v) is 6.87. The van der Waals surface area contributed by atoms with E-state index >= 15 is 0 Å². The fourth-order valence-corrected chi connectivity index (χ4v) is 5.20. The van der Waals surface area contributed by atoms with Gasteiger partial charge in [-0.25, -0.2) is 0 Å². The van der Waals surface area contributed by atoms with Crippen LogP contribution in [0.4, 0.5) is 0 Å². The molecule has 0 aromatic heterocycles. The van der Waals surface area contributed by atoms with Crippen molar-refractivity contribution in [1.82, 2.24) is 0 Å². The zero-order valence-electron chi connectivity index (χ0n) is 25.2. The Hall–Kier alpha value is -2.39. The van der Waals surface area contributed by atoms with Crippen molar-refractivity contribution in [2.75, 3.05) is 0 Å². The number of aryl methyl sites for hydroxylation is 2. The number of halogens is 2. The van der Waals surface area contributed by atoms with E-state index in [2.05, 4.69) is 143 Å². The SMILES string of the molecule is CCCc1cc2c(-c3ccccc3)cccc2[cH-]1.CCCc1cc2c(-c3ccccc3)cccc2[cH-]1.Cl.Cl.[CH3-].[CH3-].[Si]=[Ti]. The zero-order chi connectivity index (χ0) is 26.7. The van der Waals surface area contributed by atoms with Crippen LogP contribution in [0.5, 0.6) is 0 Å². The molecule has 0 heterocycles. The molecule has 2 radical (unpaired) electrons. The Morgan fingerprint density at radius 1 is 0.524 bits per heavy atom. The summed E-state index contributed by atoms with van der Waals surface area (Å²) in [7, 11) is 2.97. The van der Waals surface area contributed by atoms with Gasteiger partial charge < -0.3 is 14.9 Å². The van der Waals surface area contributed by atoms with Crippen LogP contribution in [0.2, 0.25) is 0 Å². The molecule has 0 unspecified atom stereocenters. The first-order valence-corrected chi connectivity index (χ1v) is 16.3. The van der Waals surface area contributed by atoms with Crippen LogP contribution in [0.3, 0.4) is 0 Å². The van der Waals surface area contributed by atoms with Gasteiger partial charge in [-0.3, -0.25) is 0 Å². The van der Waals surface area contributed by atoms with Crippen molar-refractivity contribution in [1.29, 1.82) is 0 Å². The zero-order valence-corrected chi connectivity index (χ0v) is 29.4. The summed E-state index contributed by atoms with van der Waals surface area (Å²) in [5.74, 6) is 0. The molecule has 0 saturated heterocycles. The van der Waals surface area contributed by atoms with Crippen LogP contribution in [-0.4, -0.2) is 7.63 Å². The van der Waals surface area contributed by atoms with Crippen LogP contribution in [0, 0.1) is 14.9 Å². The molecule has 0 aliphatic heterocycles. The van der Waals surface area contributed by atoms with Crippen molar-refractivity contribution in [2.24, 2.45) is 0 Å². The Balaban J connectivity index is 0.000000694. The fraction of sp³-hybridized carbons (Fsp3) is 0.158. The van der Waals surface area contributed by atoms with Gasteiger partial charge in [0.25, 0.3) is 0 Å². The van der Waals surface area contributed by atoms with Crippen molar-refractivity contribution in [3.05, 3.63) is 147 Å². The van der Waals surface area contributed by atoms with E-state index in [1.165, 1.54) is 80.6 Å². The molecule has 6 aromatic carbocycles. The van der Waals surface area contributed by atoms with Gasteiger partial charge in [-0.2, -0.15) is 12.1 Å². The summed E-state index contributed by atoms with van der Waals surface area (Å²) >= 11 is 1.81. The summed E-state index contributed by atoms with van der Waals surface area (Å²) < 4.78 is 0. The molecule has 4 heteroatoms. The Bertz CT molecular complexity index is 1450. The van der Waals surface area contributed by atoms with Gasteiger partial charge in [-0.15, -0.1) is 93.9 Å². The third-order valence-electron chi connectivity index (χ3n) is 6.87. The van der Waals surface area contributed by atoms with E-state index in [0.29, 0.717) is 0 Å². The van der Waals surface area contributed by atoms with Crippen LogP contribution < -0.4 is 0 Å². The molecule has 220 valence electrons. The molecule has 42 heavy (non-hydrogen) atoms. The monoisotopic (exact) mass is 644 g/mol. The standard InChI is InChI=1S/2C18H17.2CH3.2ClH.Si.Ti/c2*1-2-7-14-12-16-10-6-11-17(18(16)13-14)15-8-4-3-5-9-15;;;;;;/h2*3-6,8-13H,2,7H2,1H3;2*1H3;2*1H;;/q4*-1;;;;. The molecule has 0 fully saturated rings. The maximum absolute atomic E-state index is 2.97. The molecule has 0 spiro atoms. The van der Waals surface area contributed by atoms with Crippen molar-refractivity contribution < 1.29 is 19.2 Å². The van der Waals surface area contributed by atoms with Gasteiger partial charge in [-0.1, -0.05) is 111 Å². The van der Waals surface area contributed by atoms with Gasteiger partial charge >= 0.3 is 26.8 Å². The molecule has 0 aliphatic carbocycles. The molecule has 0 nitrogen and oxygen atoms in total. The maximum atomic E-state index is 2.97. The van der Waals surface area contributed by atoms with E-state index in [1.807, 2.05) is 0 Å². The predicted molar refractivity (Wildman–Crippen MR) is 191 cm³/mol.